The van der Waals surface area contributed by atoms with Gasteiger partial charge in [-0.05, 0) is 63.6 Å². The van der Waals surface area contributed by atoms with Gasteiger partial charge in [0.1, 0.15) is 11.6 Å². The van der Waals surface area contributed by atoms with Gasteiger partial charge in [0.25, 0.3) is 0 Å². The van der Waals surface area contributed by atoms with Gasteiger partial charge in [-0.15, -0.1) is 0 Å². The van der Waals surface area contributed by atoms with Crippen LogP contribution in [0.1, 0.15) is 67.3 Å². The van der Waals surface area contributed by atoms with Crippen molar-refractivity contribution < 1.29 is 4.79 Å². The fourth-order valence-corrected chi connectivity index (χ4v) is 4.70. The molecule has 0 spiro atoms. The van der Waals surface area contributed by atoms with Gasteiger partial charge in [-0.1, -0.05) is 12.5 Å². The molecule has 2 aromatic rings. The Morgan fingerprint density at radius 1 is 1.10 bits per heavy atom. The van der Waals surface area contributed by atoms with Crippen molar-refractivity contribution >= 4 is 11.7 Å². The molecule has 1 atom stereocenters. The van der Waals surface area contributed by atoms with E-state index in [1.165, 1.54) is 32.2 Å². The summed E-state index contributed by atoms with van der Waals surface area (Å²) in [6.07, 6.45) is 9.34. The lowest BCUT2D eigenvalue weighted by Crippen LogP contribution is -2.39. The smallest absolute Gasteiger partial charge is 0.228 e. The third-order valence-corrected chi connectivity index (χ3v) is 6.50. The van der Waals surface area contributed by atoms with Gasteiger partial charge in [0.15, 0.2) is 0 Å². The zero-order valence-electron chi connectivity index (χ0n) is 17.2. The lowest BCUT2D eigenvalue weighted by atomic mass is 9.99. The van der Waals surface area contributed by atoms with Crippen molar-refractivity contribution in [1.82, 2.24) is 19.9 Å². The Kier molecular flexibility index (Phi) is 5.04. The molecule has 1 unspecified atom stereocenters. The first-order valence-electron chi connectivity index (χ1n) is 11.0. The summed E-state index contributed by atoms with van der Waals surface area (Å²) in [5.41, 5.74) is 3.04. The first-order valence-corrected chi connectivity index (χ1v) is 11.0. The minimum absolute atomic E-state index is 0.130. The zero-order valence-corrected chi connectivity index (χ0v) is 17.2. The molecule has 1 amide bonds. The zero-order chi connectivity index (χ0) is 19.8. The van der Waals surface area contributed by atoms with Gasteiger partial charge >= 0.3 is 0 Å². The average Bonchev–Trinajstić information content (AvgIpc) is 3.55. The summed E-state index contributed by atoms with van der Waals surface area (Å²) in [6.45, 7) is 4.85. The normalized spacial score (nSPS) is 22.6. The molecule has 1 saturated heterocycles. The molecule has 6 nitrogen and oxygen atoms in total. The van der Waals surface area contributed by atoms with Crippen LogP contribution in [0, 0.1) is 12.8 Å². The summed E-state index contributed by atoms with van der Waals surface area (Å²) in [4.78, 5) is 31.6. The second-order valence-electron chi connectivity index (χ2n) is 8.72. The topological polar surface area (TPSA) is 62.2 Å². The van der Waals surface area contributed by atoms with Crippen molar-refractivity contribution in [2.24, 2.45) is 5.92 Å². The highest BCUT2D eigenvalue weighted by Crippen LogP contribution is 2.37. The number of carbonyl (C=O) groups excluding carboxylic acids is 1. The molecule has 6 heteroatoms. The molecule has 0 radical (unpaired) electrons. The molecule has 2 aliphatic heterocycles. The summed E-state index contributed by atoms with van der Waals surface area (Å²) in [5.74, 6) is 2.70. The van der Waals surface area contributed by atoms with Gasteiger partial charge in [0, 0.05) is 30.4 Å². The highest BCUT2D eigenvalue weighted by Gasteiger charge is 2.34. The second kappa shape index (κ2) is 7.82. The highest BCUT2D eigenvalue weighted by atomic mass is 16.2. The van der Waals surface area contributed by atoms with Crippen molar-refractivity contribution in [1.29, 1.82) is 0 Å². The largest absolute Gasteiger partial charge is 0.293 e. The number of aromatic nitrogens is 3. The van der Waals surface area contributed by atoms with Crippen LogP contribution in [0.4, 0.5) is 5.82 Å². The van der Waals surface area contributed by atoms with E-state index in [-0.39, 0.29) is 11.9 Å². The highest BCUT2D eigenvalue weighted by molar-refractivity contribution is 5.95. The van der Waals surface area contributed by atoms with E-state index in [1.54, 1.807) is 6.20 Å². The van der Waals surface area contributed by atoms with Gasteiger partial charge in [-0.2, -0.15) is 0 Å². The van der Waals surface area contributed by atoms with E-state index < -0.39 is 0 Å². The van der Waals surface area contributed by atoms with Crippen LogP contribution < -0.4 is 4.90 Å². The molecule has 152 valence electrons. The number of rotatable bonds is 5. The first kappa shape index (κ1) is 18.7. The van der Waals surface area contributed by atoms with Crippen LogP contribution in [0.3, 0.4) is 0 Å². The Morgan fingerprint density at radius 2 is 2.00 bits per heavy atom. The molecule has 4 heterocycles. The number of fused-ring (bicyclic) bond motifs is 1. The predicted molar refractivity (Wildman–Crippen MR) is 111 cm³/mol. The number of pyridine rings is 1. The summed E-state index contributed by atoms with van der Waals surface area (Å²) in [6, 6.07) is 6.11. The van der Waals surface area contributed by atoms with Gasteiger partial charge in [0.05, 0.1) is 18.3 Å². The molecular weight excluding hydrogens is 362 g/mol. The minimum Gasteiger partial charge on any atom is -0.293 e. The van der Waals surface area contributed by atoms with E-state index in [0.717, 1.165) is 53.9 Å². The van der Waals surface area contributed by atoms with Crippen molar-refractivity contribution in [3.8, 4) is 0 Å². The van der Waals surface area contributed by atoms with E-state index in [2.05, 4.69) is 16.8 Å². The quantitative estimate of drug-likeness (QED) is 0.779. The van der Waals surface area contributed by atoms with Crippen LogP contribution in [0.15, 0.2) is 24.4 Å². The fourth-order valence-electron chi connectivity index (χ4n) is 4.70. The third-order valence-electron chi connectivity index (χ3n) is 6.50. The Morgan fingerprint density at radius 3 is 2.79 bits per heavy atom. The lowest BCUT2D eigenvalue weighted by Gasteiger charge is -2.36. The van der Waals surface area contributed by atoms with Gasteiger partial charge in [-0.3, -0.25) is 19.6 Å². The number of hydrogen-bond acceptors (Lipinski definition) is 5. The first-order chi connectivity index (χ1) is 14.2. The third kappa shape index (κ3) is 3.90. The maximum atomic E-state index is 12.8. The molecule has 29 heavy (non-hydrogen) atoms. The second-order valence-corrected chi connectivity index (χ2v) is 8.72. The number of hydrogen-bond donors (Lipinski definition) is 0. The fraction of sp³-hybridized carbons (Fsp3) is 0.565. The molecule has 5 rings (SSSR count). The van der Waals surface area contributed by atoms with Gasteiger partial charge in [-0.25, -0.2) is 9.97 Å². The van der Waals surface area contributed by atoms with Crippen LogP contribution >= 0.6 is 0 Å². The number of carbonyl (C=O) groups is 1. The average molecular weight is 392 g/mol. The van der Waals surface area contributed by atoms with E-state index in [0.29, 0.717) is 13.0 Å². The number of likely N-dealkylation sites (tertiary alicyclic amines) is 1. The number of anilines is 1. The van der Waals surface area contributed by atoms with Crippen LogP contribution in [0.2, 0.25) is 0 Å². The number of aryl methyl sites for hydroxylation is 1. The Labute approximate surface area is 172 Å². The molecule has 0 bridgehead atoms. The molecule has 1 saturated carbocycles. The van der Waals surface area contributed by atoms with Crippen molar-refractivity contribution in [2.45, 2.75) is 64.5 Å². The van der Waals surface area contributed by atoms with E-state index >= 15 is 0 Å². The molecule has 2 aromatic heterocycles. The van der Waals surface area contributed by atoms with Crippen LogP contribution in [-0.4, -0.2) is 38.8 Å². The molecular formula is C23H29N5O. The number of nitrogens with zero attached hydrogens (tertiary/aromatic N) is 5. The van der Waals surface area contributed by atoms with E-state index in [9.17, 15) is 4.79 Å². The standard InChI is InChI=1S/C23H29N5O/c1-16-19-10-11-21(29)28(15-18-6-2-4-12-24-18)23(19)26-22(25-16)20-7-3-5-13-27(20)14-17-8-9-17/h2,4,6,12,17,20H,3,5,7-11,13-15H2,1H3. The summed E-state index contributed by atoms with van der Waals surface area (Å²) in [7, 11) is 0. The van der Waals surface area contributed by atoms with Gasteiger partial charge in [0.2, 0.25) is 5.91 Å². The van der Waals surface area contributed by atoms with E-state index in [4.69, 9.17) is 9.97 Å². The Hall–Kier alpha value is -2.34. The van der Waals surface area contributed by atoms with E-state index in [1.807, 2.05) is 23.1 Å². The summed E-state index contributed by atoms with van der Waals surface area (Å²) >= 11 is 0. The number of amides is 1. The maximum absolute atomic E-state index is 12.8. The van der Waals surface area contributed by atoms with Crippen molar-refractivity contribution in [3.05, 3.63) is 47.2 Å². The minimum atomic E-state index is 0.130. The monoisotopic (exact) mass is 391 g/mol. The summed E-state index contributed by atoms with van der Waals surface area (Å²) < 4.78 is 0. The Balaban J connectivity index is 1.49. The van der Waals surface area contributed by atoms with Crippen molar-refractivity contribution in [2.75, 3.05) is 18.0 Å². The van der Waals surface area contributed by atoms with Crippen molar-refractivity contribution in [3.63, 3.8) is 0 Å². The SMILES string of the molecule is Cc1nc(C2CCCCN2CC2CC2)nc2c1CCC(=O)N2Cc1ccccn1. The van der Waals surface area contributed by atoms with Crippen LogP contribution in [0.5, 0.6) is 0 Å². The van der Waals surface area contributed by atoms with Crippen LogP contribution in [0.25, 0.3) is 0 Å². The Bertz CT molecular complexity index is 896. The predicted octanol–water partition coefficient (Wildman–Crippen LogP) is 3.60. The van der Waals surface area contributed by atoms with Gasteiger partial charge < -0.3 is 0 Å². The summed E-state index contributed by atoms with van der Waals surface area (Å²) in [5, 5.41) is 0. The number of piperidine rings is 1. The molecule has 2 fully saturated rings. The lowest BCUT2D eigenvalue weighted by molar-refractivity contribution is -0.119. The van der Waals surface area contributed by atoms with Crippen LogP contribution in [-0.2, 0) is 17.8 Å². The molecule has 0 aromatic carbocycles. The maximum Gasteiger partial charge on any atom is 0.228 e. The molecule has 1 aliphatic carbocycles. The molecule has 3 aliphatic rings. The molecule has 0 N–H and O–H groups in total.